The molecule has 43 heavy (non-hydrogen) atoms. The summed E-state index contributed by atoms with van der Waals surface area (Å²) in [6.45, 7) is 4.52. The number of hydrogen-bond acceptors (Lipinski definition) is 4. The first-order valence-corrected chi connectivity index (χ1v) is 14.8. The van der Waals surface area contributed by atoms with Gasteiger partial charge >= 0.3 is 0 Å². The maximum Gasteiger partial charge on any atom is 0.255 e. The Balaban J connectivity index is 1.38. The highest BCUT2D eigenvalue weighted by atomic mass is 16.7. The van der Waals surface area contributed by atoms with Gasteiger partial charge in [-0.25, -0.2) is 0 Å². The number of hydrogen-bond donors (Lipinski definition) is 0. The van der Waals surface area contributed by atoms with E-state index in [1.807, 2.05) is 140 Å². The Morgan fingerprint density at radius 2 is 1.42 bits per heavy atom. The molecule has 6 heteroatoms. The van der Waals surface area contributed by atoms with Gasteiger partial charge in [-0.3, -0.25) is 9.59 Å². The van der Waals surface area contributed by atoms with E-state index in [1.165, 1.54) is 0 Å². The van der Waals surface area contributed by atoms with E-state index in [0.29, 0.717) is 25.1 Å². The summed E-state index contributed by atoms with van der Waals surface area (Å²) >= 11 is 0. The van der Waals surface area contributed by atoms with Crippen LogP contribution in [0.3, 0.4) is 0 Å². The minimum Gasteiger partial charge on any atom is -0.344 e. The molecular weight excluding hydrogens is 536 g/mol. The molecule has 1 aliphatic carbocycles. The summed E-state index contributed by atoms with van der Waals surface area (Å²) in [6.07, 6.45) is 1.36. The molecular formula is C37H34N2O4. The van der Waals surface area contributed by atoms with Gasteiger partial charge < -0.3 is 19.3 Å². The largest absolute Gasteiger partial charge is 0.344 e. The molecule has 3 aliphatic rings. The van der Waals surface area contributed by atoms with Crippen molar-refractivity contribution in [3.8, 4) is 0 Å². The third-order valence-electron chi connectivity index (χ3n) is 8.69. The molecule has 2 heterocycles. The molecule has 0 bridgehead atoms. The van der Waals surface area contributed by atoms with Gasteiger partial charge in [-0.2, -0.15) is 0 Å². The Bertz CT molecular complexity index is 1690. The zero-order valence-corrected chi connectivity index (χ0v) is 24.4. The Labute approximate surface area is 252 Å². The van der Waals surface area contributed by atoms with Crippen LogP contribution >= 0.6 is 0 Å². The van der Waals surface area contributed by atoms with Crippen molar-refractivity contribution < 1.29 is 19.1 Å². The number of carbonyl (C=O) groups is 2. The molecule has 2 amide bonds. The van der Waals surface area contributed by atoms with Gasteiger partial charge in [0.1, 0.15) is 11.5 Å². The van der Waals surface area contributed by atoms with Crippen LogP contribution in [0.5, 0.6) is 0 Å². The molecule has 3 atom stereocenters. The smallest absolute Gasteiger partial charge is 0.255 e. The summed E-state index contributed by atoms with van der Waals surface area (Å²) in [6, 6.07) is 37.4. The highest BCUT2D eigenvalue weighted by Gasteiger charge is 2.61. The second-order valence-corrected chi connectivity index (χ2v) is 11.9. The van der Waals surface area contributed by atoms with Crippen LogP contribution < -0.4 is 9.80 Å². The van der Waals surface area contributed by atoms with Gasteiger partial charge in [-0.15, -0.1) is 0 Å². The second-order valence-electron chi connectivity index (χ2n) is 11.9. The molecule has 0 unspecified atom stereocenters. The first-order chi connectivity index (χ1) is 20.9. The number of para-hydroxylation sites is 2. The quantitative estimate of drug-likeness (QED) is 0.264. The van der Waals surface area contributed by atoms with Crippen LogP contribution in [0.15, 0.2) is 127 Å². The first kappa shape index (κ1) is 27.3. The van der Waals surface area contributed by atoms with Gasteiger partial charge in [0.05, 0.1) is 19.2 Å². The number of benzene rings is 4. The Morgan fingerprint density at radius 1 is 0.814 bits per heavy atom. The molecule has 1 spiro atoms. The zero-order valence-electron chi connectivity index (χ0n) is 24.4. The van der Waals surface area contributed by atoms with Crippen molar-refractivity contribution >= 4 is 23.2 Å². The van der Waals surface area contributed by atoms with Crippen LogP contribution in [-0.4, -0.2) is 29.8 Å². The number of ether oxygens (including phenoxy) is 2. The van der Waals surface area contributed by atoms with Crippen LogP contribution in [0.4, 0.5) is 11.4 Å². The van der Waals surface area contributed by atoms with Gasteiger partial charge in [0.15, 0.2) is 5.79 Å². The predicted molar refractivity (Wildman–Crippen MR) is 166 cm³/mol. The van der Waals surface area contributed by atoms with E-state index in [9.17, 15) is 4.79 Å². The van der Waals surface area contributed by atoms with Crippen molar-refractivity contribution in [2.45, 2.75) is 56.8 Å². The van der Waals surface area contributed by atoms with Gasteiger partial charge in [-0.05, 0) is 61.2 Å². The maximum absolute atomic E-state index is 15.0. The lowest BCUT2D eigenvalue weighted by Gasteiger charge is -2.39. The van der Waals surface area contributed by atoms with Crippen LogP contribution in [0.1, 0.15) is 37.0 Å². The minimum atomic E-state index is -1.23. The summed E-state index contributed by atoms with van der Waals surface area (Å²) in [5, 5.41) is 0. The predicted octanol–water partition coefficient (Wildman–Crippen LogP) is 6.55. The van der Waals surface area contributed by atoms with E-state index in [-0.39, 0.29) is 17.9 Å². The molecule has 0 aromatic heterocycles. The monoisotopic (exact) mass is 570 g/mol. The molecule has 1 saturated heterocycles. The number of anilines is 2. The molecule has 0 saturated carbocycles. The Kier molecular flexibility index (Phi) is 6.76. The van der Waals surface area contributed by atoms with Crippen molar-refractivity contribution in [1.29, 1.82) is 0 Å². The fraction of sp³-hybridized carbons (Fsp3) is 0.243. The molecule has 0 radical (unpaired) electrons. The Hall–Kier alpha value is -4.52. The van der Waals surface area contributed by atoms with Crippen LogP contribution in [0, 0.1) is 0 Å². The number of carbonyl (C=O) groups excluding carboxylic acids is 2. The lowest BCUT2D eigenvalue weighted by atomic mass is 9.66. The molecule has 216 valence electrons. The fourth-order valence-electron chi connectivity index (χ4n) is 6.84. The van der Waals surface area contributed by atoms with Crippen molar-refractivity contribution in [2.24, 2.45) is 0 Å². The summed E-state index contributed by atoms with van der Waals surface area (Å²) in [5.74, 6) is -1.16. The number of rotatable bonds is 6. The van der Waals surface area contributed by atoms with Crippen LogP contribution in [0.2, 0.25) is 0 Å². The van der Waals surface area contributed by atoms with Gasteiger partial charge in [0, 0.05) is 16.9 Å². The van der Waals surface area contributed by atoms with E-state index in [0.717, 1.165) is 28.1 Å². The van der Waals surface area contributed by atoms with E-state index < -0.39 is 17.3 Å². The zero-order chi connectivity index (χ0) is 29.6. The van der Waals surface area contributed by atoms with E-state index in [2.05, 4.69) is 0 Å². The third kappa shape index (κ3) is 4.77. The summed E-state index contributed by atoms with van der Waals surface area (Å²) in [7, 11) is 0. The van der Waals surface area contributed by atoms with Crippen LogP contribution in [0.25, 0.3) is 0 Å². The lowest BCUT2D eigenvalue weighted by molar-refractivity contribution is -0.145. The first-order valence-electron chi connectivity index (χ1n) is 14.8. The average molecular weight is 571 g/mol. The molecule has 6 nitrogen and oxygen atoms in total. The summed E-state index contributed by atoms with van der Waals surface area (Å²) < 4.78 is 12.7. The molecule has 4 aromatic carbocycles. The highest BCUT2D eigenvalue weighted by Crippen LogP contribution is 2.54. The van der Waals surface area contributed by atoms with Crippen LogP contribution in [-0.2, 0) is 37.6 Å². The molecule has 7 rings (SSSR count). The maximum atomic E-state index is 15.0. The minimum absolute atomic E-state index is 0.114. The third-order valence-corrected chi connectivity index (χ3v) is 8.69. The molecule has 0 N–H and O–H groups in total. The van der Waals surface area contributed by atoms with Crippen molar-refractivity contribution in [3.63, 3.8) is 0 Å². The summed E-state index contributed by atoms with van der Waals surface area (Å²) in [5.41, 5.74) is 3.63. The lowest BCUT2D eigenvalue weighted by Crippen LogP contribution is -2.52. The molecule has 4 aromatic rings. The van der Waals surface area contributed by atoms with Gasteiger partial charge in [0.25, 0.3) is 5.91 Å². The van der Waals surface area contributed by atoms with E-state index in [1.54, 1.807) is 4.90 Å². The standard InChI is InChI=1S/C37H34N2O4/c1-36(2)42-32-22-30(34(40)38(28-18-10-5-11-19-28)24-26-14-6-3-7-15-26)37(23-33(32)43-36)29-20-12-13-21-31(29)39(35(37)41)25-27-16-8-4-9-17-27/h3-22,32-33H,23-25H2,1-2H3/t32-,33-,37+/m1/s1. The van der Waals surface area contributed by atoms with E-state index >= 15 is 4.79 Å². The molecule has 1 fully saturated rings. The van der Waals surface area contributed by atoms with Gasteiger partial charge in [0.2, 0.25) is 5.91 Å². The number of nitrogens with zero attached hydrogens (tertiary/aromatic N) is 2. The van der Waals surface area contributed by atoms with E-state index in [4.69, 9.17) is 9.47 Å². The topological polar surface area (TPSA) is 59.1 Å². The van der Waals surface area contributed by atoms with Crippen molar-refractivity contribution in [2.75, 3.05) is 9.80 Å². The van der Waals surface area contributed by atoms with Crippen molar-refractivity contribution in [1.82, 2.24) is 0 Å². The summed E-state index contributed by atoms with van der Waals surface area (Å²) in [4.78, 5) is 33.6. The number of fused-ring (bicyclic) bond motifs is 3. The fourth-order valence-corrected chi connectivity index (χ4v) is 6.84. The van der Waals surface area contributed by atoms with Gasteiger partial charge in [-0.1, -0.05) is 97.1 Å². The normalized spacial score (nSPS) is 23.5. The average Bonchev–Trinajstić information content (AvgIpc) is 3.46. The van der Waals surface area contributed by atoms with Crippen molar-refractivity contribution in [3.05, 3.63) is 144 Å². The molecule has 2 aliphatic heterocycles. The SMILES string of the molecule is CC1(C)O[C@@H]2C=C(C(=O)N(Cc3ccccc3)c3ccccc3)[C@@]3(C[C@H]2O1)C(=O)N(Cc1ccccc1)c1ccccc13. The number of amides is 2. The Morgan fingerprint density at radius 3 is 2.12 bits per heavy atom. The highest BCUT2D eigenvalue weighted by molar-refractivity contribution is 6.19. The second kappa shape index (κ2) is 10.6.